The number of hydrogen-bond acceptors (Lipinski definition) is 6. The molecular weight excluding hydrogens is 508 g/mol. The van der Waals surface area contributed by atoms with Gasteiger partial charge in [0, 0.05) is 43.0 Å². The van der Waals surface area contributed by atoms with Crippen LogP contribution in [0.25, 0.3) is 55.7 Å². The van der Waals surface area contributed by atoms with Crippen molar-refractivity contribution in [1.29, 1.82) is 0 Å². The van der Waals surface area contributed by atoms with Crippen molar-refractivity contribution in [3.63, 3.8) is 0 Å². The smallest absolute Gasteiger partial charge is 0.160 e. The zero-order valence-electron chi connectivity index (χ0n) is 22.5. The van der Waals surface area contributed by atoms with E-state index in [0.29, 0.717) is 6.04 Å². The summed E-state index contributed by atoms with van der Waals surface area (Å²) in [4.78, 5) is 29.2. The first-order chi connectivity index (χ1) is 20.3. The lowest BCUT2D eigenvalue weighted by atomic mass is 10.0. The second kappa shape index (κ2) is 9.91. The monoisotopic (exact) mass is 536 g/mol. The Balaban J connectivity index is 1.04. The second-order valence-corrected chi connectivity index (χ2v) is 10.8. The summed E-state index contributed by atoms with van der Waals surface area (Å²) >= 11 is 0. The normalized spacial score (nSPS) is 14.8. The molecule has 1 aliphatic rings. The minimum absolute atomic E-state index is 0.446. The average Bonchev–Trinajstić information content (AvgIpc) is 3.67. The number of rotatable bonds is 5. The van der Waals surface area contributed by atoms with Crippen LogP contribution in [-0.2, 0) is 6.54 Å². The van der Waals surface area contributed by atoms with Gasteiger partial charge in [-0.2, -0.15) is 0 Å². The van der Waals surface area contributed by atoms with Gasteiger partial charge in [-0.15, -0.1) is 0 Å². The summed E-state index contributed by atoms with van der Waals surface area (Å²) in [5, 5.41) is 0. The summed E-state index contributed by atoms with van der Waals surface area (Å²) in [5.41, 5.74) is 10.9. The van der Waals surface area contributed by atoms with Gasteiger partial charge in [-0.25, -0.2) is 24.9 Å². The topological polar surface area (TPSA) is 88.4 Å². The molecule has 1 N–H and O–H groups in total. The molecule has 1 fully saturated rings. The molecule has 1 aliphatic heterocycles. The lowest BCUT2D eigenvalue weighted by molar-refractivity contribution is 0.181. The van der Waals surface area contributed by atoms with Crippen LogP contribution in [0.3, 0.4) is 0 Å². The van der Waals surface area contributed by atoms with E-state index < -0.39 is 0 Å². The van der Waals surface area contributed by atoms with Gasteiger partial charge in [-0.3, -0.25) is 4.90 Å². The Hall–Kier alpha value is -4.95. The number of pyridine rings is 1. The Kier molecular flexibility index (Phi) is 5.77. The summed E-state index contributed by atoms with van der Waals surface area (Å²) < 4.78 is 2.26. The SMILES string of the molecule is c1ccc(-c2nc3cc4ncnc4cc3[nH]c2-c2ccc(CN3CCC(n4cnc5cccnc54)CC3)cc2)cc1. The number of aromatic amines is 1. The number of benzene rings is 3. The summed E-state index contributed by atoms with van der Waals surface area (Å²) in [6.07, 6.45) is 7.60. The fourth-order valence-corrected chi connectivity index (χ4v) is 6.03. The Morgan fingerprint density at radius 1 is 0.732 bits per heavy atom. The van der Waals surface area contributed by atoms with E-state index in [1.54, 1.807) is 6.33 Å². The van der Waals surface area contributed by atoms with Gasteiger partial charge in [0.1, 0.15) is 11.8 Å². The third-order valence-electron chi connectivity index (χ3n) is 8.19. The second-order valence-electron chi connectivity index (χ2n) is 10.8. The van der Waals surface area contributed by atoms with E-state index in [-0.39, 0.29) is 0 Å². The molecule has 8 nitrogen and oxygen atoms in total. The van der Waals surface area contributed by atoms with E-state index in [4.69, 9.17) is 4.98 Å². The largest absolute Gasteiger partial charge is 0.351 e. The van der Waals surface area contributed by atoms with Crippen LogP contribution in [0.4, 0.5) is 0 Å². The molecule has 0 aliphatic carbocycles. The van der Waals surface area contributed by atoms with Crippen molar-refractivity contribution in [2.45, 2.75) is 25.4 Å². The summed E-state index contributed by atoms with van der Waals surface area (Å²) in [5.74, 6) is 0. The molecule has 5 heterocycles. The summed E-state index contributed by atoms with van der Waals surface area (Å²) in [7, 11) is 0. The van der Waals surface area contributed by atoms with Gasteiger partial charge in [0.05, 0.1) is 39.8 Å². The quantitative estimate of drug-likeness (QED) is 0.273. The van der Waals surface area contributed by atoms with E-state index in [1.165, 1.54) is 5.56 Å². The first-order valence-corrected chi connectivity index (χ1v) is 14.1. The Labute approximate surface area is 236 Å². The number of imidazole rings is 2. The maximum atomic E-state index is 5.10. The number of H-pyrrole nitrogens is 1. The van der Waals surface area contributed by atoms with Gasteiger partial charge in [-0.1, -0.05) is 54.6 Å². The standard InChI is InChI=1S/C33H28N8/c1-2-5-23(6-3-1)31-32(39-30-18-28-27(35-20-36-28)17-29(30)38-31)24-10-8-22(9-11-24)19-40-15-12-25(13-16-40)41-21-37-26-7-4-14-34-33(26)41/h1-11,14,17-18,20-21,25,39H,12-13,15-16,19H2. The molecule has 0 unspecified atom stereocenters. The van der Waals surface area contributed by atoms with Crippen LogP contribution < -0.4 is 0 Å². The number of likely N-dealkylation sites (tertiary alicyclic amines) is 1. The molecule has 0 atom stereocenters. The van der Waals surface area contributed by atoms with E-state index in [1.807, 2.05) is 42.9 Å². The van der Waals surface area contributed by atoms with Crippen molar-refractivity contribution in [3.8, 4) is 22.5 Å². The highest BCUT2D eigenvalue weighted by molar-refractivity contribution is 5.94. The molecule has 200 valence electrons. The predicted molar refractivity (Wildman–Crippen MR) is 161 cm³/mol. The minimum atomic E-state index is 0.446. The summed E-state index contributed by atoms with van der Waals surface area (Å²) in [6.45, 7) is 3.05. The lowest BCUT2D eigenvalue weighted by Gasteiger charge is -2.32. The predicted octanol–water partition coefficient (Wildman–Crippen LogP) is 6.42. The highest BCUT2D eigenvalue weighted by Gasteiger charge is 2.22. The van der Waals surface area contributed by atoms with Crippen LogP contribution in [-0.4, -0.2) is 52.5 Å². The Morgan fingerprint density at radius 3 is 2.37 bits per heavy atom. The van der Waals surface area contributed by atoms with Crippen LogP contribution >= 0.6 is 0 Å². The van der Waals surface area contributed by atoms with Crippen molar-refractivity contribution in [2.24, 2.45) is 0 Å². The first kappa shape index (κ1) is 23.9. The van der Waals surface area contributed by atoms with E-state index in [2.05, 4.69) is 82.9 Å². The molecule has 0 saturated carbocycles. The molecule has 1 saturated heterocycles. The van der Waals surface area contributed by atoms with Crippen LogP contribution in [0, 0.1) is 0 Å². The van der Waals surface area contributed by atoms with Crippen molar-refractivity contribution >= 4 is 33.2 Å². The van der Waals surface area contributed by atoms with Gasteiger partial charge in [0.25, 0.3) is 0 Å². The molecule has 0 spiro atoms. The van der Waals surface area contributed by atoms with Crippen LogP contribution in [0.2, 0.25) is 0 Å². The molecule has 0 amide bonds. The van der Waals surface area contributed by atoms with Crippen molar-refractivity contribution in [2.75, 3.05) is 13.1 Å². The van der Waals surface area contributed by atoms with Crippen molar-refractivity contribution in [1.82, 2.24) is 39.4 Å². The third kappa shape index (κ3) is 4.42. The number of piperidine rings is 1. The van der Waals surface area contributed by atoms with E-state index in [0.717, 1.165) is 88.2 Å². The molecule has 7 aromatic rings. The van der Waals surface area contributed by atoms with Gasteiger partial charge in [0.2, 0.25) is 0 Å². The fourth-order valence-electron chi connectivity index (χ4n) is 6.03. The van der Waals surface area contributed by atoms with Gasteiger partial charge in [-0.05, 0) is 42.7 Å². The number of fused-ring (bicyclic) bond motifs is 3. The molecule has 8 heteroatoms. The van der Waals surface area contributed by atoms with Crippen LogP contribution in [0.5, 0.6) is 0 Å². The summed E-state index contributed by atoms with van der Waals surface area (Å²) in [6, 6.07) is 27.7. The van der Waals surface area contributed by atoms with Gasteiger partial charge < -0.3 is 9.55 Å². The lowest BCUT2D eigenvalue weighted by Crippen LogP contribution is -2.34. The van der Waals surface area contributed by atoms with Gasteiger partial charge in [0.15, 0.2) is 5.65 Å². The number of nitrogens with one attached hydrogen (secondary N) is 1. The highest BCUT2D eigenvalue weighted by atomic mass is 15.2. The molecule has 3 aromatic carbocycles. The van der Waals surface area contributed by atoms with Crippen LogP contribution in [0.15, 0.2) is 97.7 Å². The van der Waals surface area contributed by atoms with E-state index in [9.17, 15) is 0 Å². The van der Waals surface area contributed by atoms with Crippen LogP contribution in [0.1, 0.15) is 24.4 Å². The maximum Gasteiger partial charge on any atom is 0.160 e. The molecule has 4 aromatic heterocycles. The van der Waals surface area contributed by atoms with Crippen molar-refractivity contribution < 1.29 is 0 Å². The molecule has 8 rings (SSSR count). The third-order valence-corrected chi connectivity index (χ3v) is 8.19. The van der Waals surface area contributed by atoms with Gasteiger partial charge >= 0.3 is 0 Å². The highest BCUT2D eigenvalue weighted by Crippen LogP contribution is 2.32. The molecule has 41 heavy (non-hydrogen) atoms. The van der Waals surface area contributed by atoms with E-state index >= 15 is 0 Å². The fraction of sp³-hybridized carbons (Fsp3) is 0.182. The number of nitrogens with zero attached hydrogens (tertiary/aromatic N) is 7. The molecule has 0 bridgehead atoms. The Bertz CT molecular complexity index is 1980. The average molecular weight is 537 g/mol. The van der Waals surface area contributed by atoms with Crippen molar-refractivity contribution in [3.05, 3.63) is 103 Å². The number of aromatic nitrogens is 7. The molecule has 0 radical (unpaired) electrons. The maximum absolute atomic E-state index is 5.10. The molecular formula is C33H28N8. The zero-order valence-corrected chi connectivity index (χ0v) is 22.5. The zero-order chi connectivity index (χ0) is 27.2. The number of hydrogen-bond donors (Lipinski definition) is 1. The minimum Gasteiger partial charge on any atom is -0.351 e. The first-order valence-electron chi connectivity index (χ1n) is 14.1. The Morgan fingerprint density at radius 2 is 1.54 bits per heavy atom.